The first-order chi connectivity index (χ1) is 5.59. The van der Waals surface area contributed by atoms with E-state index < -0.39 is 6.29 Å². The standard InChI is InChI=1S/C8H12N2O2/c9-6-2-1-5(3-8(11)12)7(10)4-6/h1-2,4,8,11-12H,3,9-10H2. The molecule has 0 bridgehead atoms. The number of hydrogen-bond acceptors (Lipinski definition) is 4. The molecule has 4 nitrogen and oxygen atoms in total. The molecule has 1 aromatic rings. The van der Waals surface area contributed by atoms with Crippen LogP contribution in [0, 0.1) is 0 Å². The molecule has 0 aliphatic heterocycles. The topological polar surface area (TPSA) is 92.5 Å². The first-order valence-electron chi connectivity index (χ1n) is 3.59. The van der Waals surface area contributed by atoms with Crippen molar-refractivity contribution in [3.63, 3.8) is 0 Å². The van der Waals surface area contributed by atoms with Gasteiger partial charge in [0.25, 0.3) is 0 Å². The largest absolute Gasteiger partial charge is 0.399 e. The van der Waals surface area contributed by atoms with Gasteiger partial charge in [0, 0.05) is 17.8 Å². The third-order valence-corrected chi connectivity index (χ3v) is 1.57. The van der Waals surface area contributed by atoms with E-state index in [-0.39, 0.29) is 6.42 Å². The number of aliphatic hydroxyl groups excluding tert-OH is 1. The van der Waals surface area contributed by atoms with Crippen LogP contribution >= 0.6 is 0 Å². The van der Waals surface area contributed by atoms with Crippen LogP contribution in [0.2, 0.25) is 0 Å². The summed E-state index contributed by atoms with van der Waals surface area (Å²) in [6.07, 6.45) is -1.23. The summed E-state index contributed by atoms with van der Waals surface area (Å²) < 4.78 is 0. The van der Waals surface area contributed by atoms with Crippen molar-refractivity contribution in [3.05, 3.63) is 23.8 Å². The van der Waals surface area contributed by atoms with Crippen molar-refractivity contribution in [2.24, 2.45) is 0 Å². The van der Waals surface area contributed by atoms with Crippen LogP contribution in [0.25, 0.3) is 0 Å². The van der Waals surface area contributed by atoms with Crippen molar-refractivity contribution in [1.82, 2.24) is 0 Å². The molecule has 0 amide bonds. The molecule has 0 radical (unpaired) electrons. The van der Waals surface area contributed by atoms with E-state index in [1.165, 1.54) is 0 Å². The maximum absolute atomic E-state index is 8.67. The van der Waals surface area contributed by atoms with Gasteiger partial charge in [-0.05, 0) is 17.7 Å². The van der Waals surface area contributed by atoms with Crippen LogP contribution in [0.4, 0.5) is 11.4 Å². The van der Waals surface area contributed by atoms with Crippen LogP contribution in [0.1, 0.15) is 5.56 Å². The van der Waals surface area contributed by atoms with E-state index in [1.54, 1.807) is 18.2 Å². The lowest BCUT2D eigenvalue weighted by atomic mass is 10.1. The number of nitrogen functional groups attached to an aromatic ring is 2. The summed E-state index contributed by atoms with van der Waals surface area (Å²) in [4.78, 5) is 0. The van der Waals surface area contributed by atoms with E-state index in [4.69, 9.17) is 21.7 Å². The summed E-state index contributed by atoms with van der Waals surface area (Å²) >= 11 is 0. The Hall–Kier alpha value is -1.26. The van der Waals surface area contributed by atoms with E-state index in [0.29, 0.717) is 16.9 Å². The molecule has 0 saturated heterocycles. The summed E-state index contributed by atoms with van der Waals surface area (Å²) in [6.45, 7) is 0. The molecule has 1 rings (SSSR count). The zero-order valence-corrected chi connectivity index (χ0v) is 6.57. The van der Waals surface area contributed by atoms with Crippen molar-refractivity contribution in [3.8, 4) is 0 Å². The highest BCUT2D eigenvalue weighted by Gasteiger charge is 2.03. The molecule has 0 unspecified atom stereocenters. The minimum Gasteiger partial charge on any atom is -0.399 e. The fourth-order valence-corrected chi connectivity index (χ4v) is 0.996. The zero-order valence-electron chi connectivity index (χ0n) is 6.57. The fourth-order valence-electron chi connectivity index (χ4n) is 0.996. The van der Waals surface area contributed by atoms with E-state index >= 15 is 0 Å². The Balaban J connectivity index is 2.86. The molecule has 0 spiro atoms. The normalized spacial score (nSPS) is 10.6. The Kier molecular flexibility index (Phi) is 2.52. The summed E-state index contributed by atoms with van der Waals surface area (Å²) in [7, 11) is 0. The highest BCUT2D eigenvalue weighted by molar-refractivity contribution is 5.56. The minimum atomic E-state index is -1.36. The maximum Gasteiger partial charge on any atom is 0.155 e. The second kappa shape index (κ2) is 3.42. The predicted octanol–water partition coefficient (Wildman–Crippen LogP) is -0.296. The molecule has 66 valence electrons. The molecule has 0 saturated carbocycles. The Bertz CT molecular complexity index is 274. The lowest BCUT2D eigenvalue weighted by Crippen LogP contribution is -2.10. The summed E-state index contributed by atoms with van der Waals surface area (Å²) in [5, 5.41) is 17.3. The monoisotopic (exact) mass is 168 g/mol. The Morgan fingerprint density at radius 3 is 2.42 bits per heavy atom. The molecule has 1 aromatic carbocycles. The number of benzene rings is 1. The fraction of sp³-hybridized carbons (Fsp3) is 0.250. The lowest BCUT2D eigenvalue weighted by molar-refractivity contribution is -0.0380. The Labute approximate surface area is 70.4 Å². The number of anilines is 2. The molecular formula is C8H12N2O2. The van der Waals surface area contributed by atoms with E-state index in [0.717, 1.165) is 0 Å². The van der Waals surface area contributed by atoms with Gasteiger partial charge in [-0.2, -0.15) is 0 Å². The highest BCUT2D eigenvalue weighted by Crippen LogP contribution is 2.16. The van der Waals surface area contributed by atoms with Gasteiger partial charge in [-0.1, -0.05) is 6.07 Å². The summed E-state index contributed by atoms with van der Waals surface area (Å²) in [6, 6.07) is 4.95. The smallest absolute Gasteiger partial charge is 0.155 e. The average molecular weight is 168 g/mol. The van der Waals surface area contributed by atoms with Gasteiger partial charge >= 0.3 is 0 Å². The molecule has 0 atom stereocenters. The quantitative estimate of drug-likeness (QED) is 0.360. The number of rotatable bonds is 2. The van der Waals surface area contributed by atoms with Crippen LogP contribution in [0.3, 0.4) is 0 Å². The van der Waals surface area contributed by atoms with E-state index in [2.05, 4.69) is 0 Å². The number of hydrogen-bond donors (Lipinski definition) is 4. The molecule has 0 fully saturated rings. The molecule has 4 heteroatoms. The van der Waals surface area contributed by atoms with Crippen molar-refractivity contribution < 1.29 is 10.2 Å². The second-order valence-corrected chi connectivity index (χ2v) is 2.64. The van der Waals surface area contributed by atoms with E-state index in [1.807, 2.05) is 0 Å². The lowest BCUT2D eigenvalue weighted by Gasteiger charge is -2.07. The molecular weight excluding hydrogens is 156 g/mol. The van der Waals surface area contributed by atoms with E-state index in [9.17, 15) is 0 Å². The van der Waals surface area contributed by atoms with Crippen molar-refractivity contribution >= 4 is 11.4 Å². The van der Waals surface area contributed by atoms with Crippen LogP contribution in [0.5, 0.6) is 0 Å². The highest BCUT2D eigenvalue weighted by atomic mass is 16.5. The van der Waals surface area contributed by atoms with Crippen LogP contribution in [-0.4, -0.2) is 16.5 Å². The van der Waals surface area contributed by atoms with Crippen molar-refractivity contribution in [1.29, 1.82) is 0 Å². The molecule has 12 heavy (non-hydrogen) atoms. The maximum atomic E-state index is 8.67. The van der Waals surface area contributed by atoms with Gasteiger partial charge in [0.15, 0.2) is 6.29 Å². The van der Waals surface area contributed by atoms with Gasteiger partial charge in [-0.15, -0.1) is 0 Å². The summed E-state index contributed by atoms with van der Waals surface area (Å²) in [5.74, 6) is 0. The van der Waals surface area contributed by atoms with Crippen molar-refractivity contribution in [2.45, 2.75) is 12.7 Å². The van der Waals surface area contributed by atoms with Crippen molar-refractivity contribution in [2.75, 3.05) is 11.5 Å². The van der Waals surface area contributed by atoms with Gasteiger partial charge in [0.1, 0.15) is 0 Å². The average Bonchev–Trinajstić information content (AvgIpc) is 1.94. The number of nitrogens with two attached hydrogens (primary N) is 2. The predicted molar refractivity (Wildman–Crippen MR) is 47.2 cm³/mol. The van der Waals surface area contributed by atoms with Crippen LogP contribution in [0.15, 0.2) is 18.2 Å². The SMILES string of the molecule is Nc1ccc(CC(O)O)c(N)c1. The second-order valence-electron chi connectivity index (χ2n) is 2.64. The van der Waals surface area contributed by atoms with Crippen LogP contribution < -0.4 is 11.5 Å². The Morgan fingerprint density at radius 2 is 1.92 bits per heavy atom. The molecule has 6 N–H and O–H groups in total. The van der Waals surface area contributed by atoms with Gasteiger partial charge in [-0.25, -0.2) is 0 Å². The van der Waals surface area contributed by atoms with Gasteiger partial charge in [0.2, 0.25) is 0 Å². The molecule has 0 aromatic heterocycles. The third kappa shape index (κ3) is 2.11. The third-order valence-electron chi connectivity index (χ3n) is 1.57. The van der Waals surface area contributed by atoms with Gasteiger partial charge < -0.3 is 21.7 Å². The first kappa shape index (κ1) is 8.83. The minimum absolute atomic E-state index is 0.131. The number of aliphatic hydroxyl groups is 2. The van der Waals surface area contributed by atoms with Gasteiger partial charge in [0.05, 0.1) is 0 Å². The van der Waals surface area contributed by atoms with Crippen LogP contribution in [-0.2, 0) is 6.42 Å². The summed E-state index contributed by atoms with van der Waals surface area (Å²) in [5.41, 5.74) is 12.8. The molecule has 0 aliphatic carbocycles. The van der Waals surface area contributed by atoms with Gasteiger partial charge in [-0.3, -0.25) is 0 Å². The molecule has 0 aliphatic rings. The molecule has 0 heterocycles. The first-order valence-corrected chi connectivity index (χ1v) is 3.59. The zero-order chi connectivity index (χ0) is 9.14. The Morgan fingerprint density at radius 1 is 1.25 bits per heavy atom.